The van der Waals surface area contributed by atoms with Crippen LogP contribution in [-0.2, 0) is 0 Å². The third kappa shape index (κ3) is 3.62. The Morgan fingerprint density at radius 3 is 2.20 bits per heavy atom. The quantitative estimate of drug-likeness (QED) is 0.233. The normalized spacial score (nSPS) is 11.8. The van der Waals surface area contributed by atoms with E-state index in [0.717, 1.165) is 0 Å². The van der Waals surface area contributed by atoms with Gasteiger partial charge in [0.2, 0.25) is 5.96 Å². The third-order valence-corrected chi connectivity index (χ3v) is 0.323. The molecule has 3 nitrogen and oxygen atoms in total. The van der Waals surface area contributed by atoms with Crippen LogP contribution in [0.15, 0.2) is 4.40 Å². The van der Waals surface area contributed by atoms with E-state index in [1.165, 1.54) is 0 Å². The Balaban J connectivity index is 3.14. The van der Waals surface area contributed by atoms with Gasteiger partial charge in [-0.15, -0.1) is 0 Å². The van der Waals surface area contributed by atoms with E-state index >= 15 is 0 Å². The van der Waals surface area contributed by atoms with Gasteiger partial charge >= 0.3 is 0 Å². The zero-order chi connectivity index (χ0) is 4.28. The van der Waals surface area contributed by atoms with Gasteiger partial charge in [0.1, 0.15) is 0 Å². The van der Waals surface area contributed by atoms with Crippen molar-refractivity contribution in [2.24, 2.45) is 10.1 Å². The Bertz CT molecular complexity index is 44.9. The minimum Gasteiger partial charge on any atom is -0.368 e. The summed E-state index contributed by atoms with van der Waals surface area (Å²) in [4.78, 5) is 0. The summed E-state index contributed by atoms with van der Waals surface area (Å²) in [5.74, 6) is -0.256. The van der Waals surface area contributed by atoms with E-state index in [1.54, 1.807) is 0 Å². The predicted molar refractivity (Wildman–Crippen MR) is 23.7 cm³/mol. The maximum absolute atomic E-state index is 6.28. The van der Waals surface area contributed by atoms with E-state index in [-0.39, 0.29) is 5.96 Å². The first kappa shape index (κ1) is 4.62. The molecule has 0 unspecified atom stereocenters. The molecule has 0 aliphatic rings. The van der Waals surface area contributed by atoms with Gasteiger partial charge in [-0.05, 0) is 12.8 Å². The van der Waals surface area contributed by atoms with Crippen LogP contribution in [0, 0.1) is 0 Å². The molecule has 0 spiro atoms. The molecule has 0 rings (SSSR count). The zero-order valence-electron chi connectivity index (χ0n) is 2.47. The number of guanidine groups is 1. The molecule has 3 N–H and O–H groups in total. The van der Waals surface area contributed by atoms with Crippen molar-refractivity contribution in [2.75, 3.05) is 0 Å². The summed E-state index contributed by atoms with van der Waals surface area (Å²) in [5, 5.41) is 0. The third-order valence-electron chi connectivity index (χ3n) is 0.108. The average molecular weight is 90.1 g/mol. The zero-order valence-corrected chi connectivity index (χ0v) is 3.37. The van der Waals surface area contributed by atoms with Crippen LogP contribution in [0.25, 0.3) is 0 Å². The van der Waals surface area contributed by atoms with Crippen LogP contribution >= 0.6 is 12.8 Å². The van der Waals surface area contributed by atoms with Crippen molar-refractivity contribution >= 4 is 18.8 Å². The van der Waals surface area contributed by atoms with Crippen LogP contribution in [0.1, 0.15) is 0 Å². The second-order valence-electron chi connectivity index (χ2n) is 0.485. The Morgan fingerprint density at radius 2 is 2.20 bits per heavy atom. The molecule has 0 amide bonds. The molecule has 0 aliphatic heterocycles. The summed E-state index contributed by atoms with van der Waals surface area (Å²) < 4.78 is 2.94. The number of hydrogen-bond donors (Lipinski definition) is 2. The van der Waals surface area contributed by atoms with E-state index in [0.29, 0.717) is 0 Å². The maximum atomic E-state index is 6.28. The van der Waals surface area contributed by atoms with E-state index in [1.807, 2.05) is 0 Å². The molecule has 0 aromatic heterocycles. The summed E-state index contributed by atoms with van der Waals surface area (Å²) in [6.45, 7) is 0. The van der Waals surface area contributed by atoms with Gasteiger partial charge in [-0.25, -0.2) is 0 Å². The minimum absolute atomic E-state index is 0.256. The molecule has 0 heterocycles. The number of rotatable bonds is 0. The molecule has 4 heteroatoms. The van der Waals surface area contributed by atoms with Crippen molar-refractivity contribution < 1.29 is 0 Å². The van der Waals surface area contributed by atoms with Crippen LogP contribution < -0.4 is 11.5 Å². The number of nitrogens with one attached hydrogen (secondary N) is 1. The lowest BCUT2D eigenvalue weighted by molar-refractivity contribution is 1.50. The lowest BCUT2D eigenvalue weighted by Crippen LogP contribution is -2.09. The number of nitrogens with zero attached hydrogens (tertiary/aromatic N) is 1. The van der Waals surface area contributed by atoms with E-state index in [2.05, 4.69) is 22.9 Å². The highest BCUT2D eigenvalue weighted by molar-refractivity contribution is 7.79. The number of hydrogen-bond acceptors (Lipinski definition) is 2. The second-order valence-corrected chi connectivity index (χ2v) is 0.685. The molecule has 29 valence electrons. The number of nitrogens with two attached hydrogens (primary N) is 1. The van der Waals surface area contributed by atoms with Crippen molar-refractivity contribution in [1.29, 1.82) is 0 Å². The molecule has 1 radical (unpaired) electrons. The predicted octanol–water partition coefficient (Wildman–Crippen LogP) is -0.571. The van der Waals surface area contributed by atoms with Crippen LogP contribution in [-0.4, -0.2) is 5.96 Å². The van der Waals surface area contributed by atoms with Crippen LogP contribution in [0.4, 0.5) is 0 Å². The summed E-state index contributed by atoms with van der Waals surface area (Å²) >= 11 is 3.29. The summed E-state index contributed by atoms with van der Waals surface area (Å²) in [7, 11) is 0. The first-order valence-corrected chi connectivity index (χ1v) is 1.36. The van der Waals surface area contributed by atoms with Gasteiger partial charge in [-0.3, -0.25) is 5.73 Å². The molecule has 5 heavy (non-hydrogen) atoms. The molecule has 0 atom stereocenters. The van der Waals surface area contributed by atoms with Crippen molar-refractivity contribution in [3.63, 3.8) is 0 Å². The second kappa shape index (κ2) is 1.90. The maximum Gasteiger partial charge on any atom is 0.219 e. The van der Waals surface area contributed by atoms with Gasteiger partial charge in [0.05, 0.1) is 0 Å². The Morgan fingerprint density at radius 1 is 2.00 bits per heavy atom. The standard InChI is InChI=1S/CH4N3S/c2-1(3)4-5/h2,5H,(H2,3,4). The fourth-order valence-corrected chi connectivity index (χ4v) is 0. The first-order valence-electron chi connectivity index (χ1n) is 0.962. The van der Waals surface area contributed by atoms with Gasteiger partial charge < -0.3 is 5.73 Å². The molecule has 0 saturated carbocycles. The molecule has 0 fully saturated rings. The fourth-order valence-electron chi connectivity index (χ4n) is 0. The largest absolute Gasteiger partial charge is 0.368 e. The molecular weight excluding hydrogens is 86.1 g/mol. The first-order chi connectivity index (χ1) is 2.27. The van der Waals surface area contributed by atoms with Gasteiger partial charge in [0.25, 0.3) is 0 Å². The SMILES string of the molecule is [NH]C(N)=NS. The van der Waals surface area contributed by atoms with Gasteiger partial charge in [-0.2, -0.15) is 4.40 Å². The molecule has 0 bridgehead atoms. The van der Waals surface area contributed by atoms with Gasteiger partial charge in [0.15, 0.2) is 0 Å². The Hall–Kier alpha value is -0.380. The Labute approximate surface area is 35.6 Å². The van der Waals surface area contributed by atoms with E-state index < -0.39 is 0 Å². The van der Waals surface area contributed by atoms with Crippen LogP contribution in [0.5, 0.6) is 0 Å². The van der Waals surface area contributed by atoms with E-state index in [9.17, 15) is 0 Å². The van der Waals surface area contributed by atoms with Gasteiger partial charge in [0, 0.05) is 0 Å². The van der Waals surface area contributed by atoms with Crippen LogP contribution in [0.2, 0.25) is 0 Å². The molecular formula is CH4N3S. The fraction of sp³-hybridized carbons (Fsp3) is 0. The topological polar surface area (TPSA) is 62.2 Å². The lowest BCUT2D eigenvalue weighted by Gasteiger charge is -1.73. The van der Waals surface area contributed by atoms with Crippen molar-refractivity contribution in [2.45, 2.75) is 0 Å². The van der Waals surface area contributed by atoms with Crippen molar-refractivity contribution in [3.05, 3.63) is 0 Å². The summed E-state index contributed by atoms with van der Waals surface area (Å²) in [6.07, 6.45) is 0. The Kier molecular flexibility index (Phi) is 1.75. The summed E-state index contributed by atoms with van der Waals surface area (Å²) in [5.41, 5.74) is 10.9. The van der Waals surface area contributed by atoms with Crippen molar-refractivity contribution in [3.8, 4) is 0 Å². The van der Waals surface area contributed by atoms with Crippen LogP contribution in [0.3, 0.4) is 0 Å². The minimum atomic E-state index is -0.256. The highest BCUT2D eigenvalue weighted by atomic mass is 32.1. The summed E-state index contributed by atoms with van der Waals surface area (Å²) in [6, 6.07) is 0. The average Bonchev–Trinajstić information content (AvgIpc) is 1.38. The molecule has 0 aromatic carbocycles. The van der Waals surface area contributed by atoms with E-state index in [4.69, 9.17) is 5.73 Å². The monoisotopic (exact) mass is 90.0 g/mol. The molecule has 0 saturated heterocycles. The lowest BCUT2D eigenvalue weighted by atomic mass is 11.1. The highest BCUT2D eigenvalue weighted by Gasteiger charge is 1.65. The highest BCUT2D eigenvalue weighted by Crippen LogP contribution is 1.65. The van der Waals surface area contributed by atoms with Crippen molar-refractivity contribution in [1.82, 2.24) is 5.73 Å². The van der Waals surface area contributed by atoms with Gasteiger partial charge in [-0.1, -0.05) is 0 Å². The number of thiol groups is 1. The molecule has 0 aromatic rings. The molecule has 0 aliphatic carbocycles. The smallest absolute Gasteiger partial charge is 0.219 e.